The third-order valence-corrected chi connectivity index (χ3v) is 3.76. The number of rotatable bonds is 4. The molecule has 0 saturated heterocycles. The molecule has 1 aromatic carbocycles. The zero-order valence-corrected chi connectivity index (χ0v) is 15.3. The van der Waals surface area contributed by atoms with Gasteiger partial charge in [-0.1, -0.05) is 17.7 Å². The lowest BCUT2D eigenvalue weighted by atomic mass is 10.2. The summed E-state index contributed by atoms with van der Waals surface area (Å²) in [7, 11) is 0. The molecule has 0 spiro atoms. The number of nitrogens with zero attached hydrogens (tertiary/aromatic N) is 2. The Morgan fingerprint density at radius 1 is 1.08 bits per heavy atom. The molecule has 2 rings (SSSR count). The van der Waals surface area contributed by atoms with Gasteiger partial charge in [-0.25, -0.2) is 5.43 Å². The van der Waals surface area contributed by atoms with Crippen LogP contribution in [-0.2, 0) is 9.59 Å². The van der Waals surface area contributed by atoms with Crippen molar-refractivity contribution in [1.82, 2.24) is 15.3 Å². The minimum Gasteiger partial charge on any atom is -0.346 e. The number of amides is 2. The maximum absolute atomic E-state index is 11.6. The van der Waals surface area contributed by atoms with Crippen LogP contribution in [0.4, 0.5) is 0 Å². The molecule has 2 amide bonds. The Morgan fingerprint density at radius 2 is 1.72 bits per heavy atom. The first kappa shape index (κ1) is 18.4. The van der Waals surface area contributed by atoms with Crippen LogP contribution in [0, 0.1) is 20.8 Å². The summed E-state index contributed by atoms with van der Waals surface area (Å²) in [5.41, 5.74) is 7.47. The Balaban J connectivity index is 2.13. The summed E-state index contributed by atoms with van der Waals surface area (Å²) in [4.78, 5) is 23.2. The second kappa shape index (κ2) is 7.79. The van der Waals surface area contributed by atoms with E-state index in [1.807, 2.05) is 19.9 Å². The van der Waals surface area contributed by atoms with Crippen molar-refractivity contribution >= 4 is 18.0 Å². The zero-order chi connectivity index (χ0) is 18.6. The fourth-order valence-electron chi connectivity index (χ4n) is 2.55. The molecule has 6 nitrogen and oxygen atoms in total. The highest BCUT2D eigenvalue weighted by molar-refractivity contribution is 6.35. The van der Waals surface area contributed by atoms with Crippen molar-refractivity contribution < 1.29 is 9.59 Å². The number of hydrogen-bond donors (Lipinski definition) is 2. The largest absolute Gasteiger partial charge is 0.346 e. The van der Waals surface area contributed by atoms with Crippen molar-refractivity contribution in [3.8, 4) is 5.69 Å². The highest BCUT2D eigenvalue weighted by Gasteiger charge is 2.13. The number of carbonyl (C=O) groups is 2. The number of nitrogens with one attached hydrogen (secondary N) is 2. The van der Waals surface area contributed by atoms with Gasteiger partial charge >= 0.3 is 11.8 Å². The maximum Gasteiger partial charge on any atom is 0.329 e. The van der Waals surface area contributed by atoms with Crippen LogP contribution in [0.1, 0.15) is 36.4 Å². The van der Waals surface area contributed by atoms with Crippen LogP contribution in [-0.4, -0.2) is 28.6 Å². The van der Waals surface area contributed by atoms with E-state index in [4.69, 9.17) is 0 Å². The predicted molar refractivity (Wildman–Crippen MR) is 99.0 cm³/mol. The van der Waals surface area contributed by atoms with Crippen molar-refractivity contribution in [3.05, 3.63) is 52.8 Å². The van der Waals surface area contributed by atoms with Gasteiger partial charge < -0.3 is 9.88 Å². The van der Waals surface area contributed by atoms with Gasteiger partial charge in [0.1, 0.15) is 0 Å². The molecule has 0 atom stereocenters. The third-order valence-electron chi connectivity index (χ3n) is 3.76. The molecule has 0 radical (unpaired) electrons. The molecule has 6 heteroatoms. The second-order valence-electron chi connectivity index (χ2n) is 6.32. The number of aryl methyl sites for hydroxylation is 2. The normalized spacial score (nSPS) is 11.1. The summed E-state index contributed by atoms with van der Waals surface area (Å²) in [5.74, 6) is -1.48. The SMILES string of the molecule is Cc1ccc(-n2c(C)cc(/C=N/NC(=O)C(=O)NC(C)C)c2C)cc1. The van der Waals surface area contributed by atoms with Gasteiger partial charge in [0.25, 0.3) is 0 Å². The number of hydrazone groups is 1. The smallest absolute Gasteiger partial charge is 0.329 e. The first-order valence-electron chi connectivity index (χ1n) is 8.19. The molecular weight excluding hydrogens is 316 g/mol. The Hall–Kier alpha value is -2.89. The van der Waals surface area contributed by atoms with Gasteiger partial charge in [-0.15, -0.1) is 0 Å². The Kier molecular flexibility index (Phi) is 5.75. The minimum atomic E-state index is -0.780. The van der Waals surface area contributed by atoms with Crippen molar-refractivity contribution in [2.75, 3.05) is 0 Å². The van der Waals surface area contributed by atoms with Crippen LogP contribution in [0.2, 0.25) is 0 Å². The topological polar surface area (TPSA) is 75.5 Å². The highest BCUT2D eigenvalue weighted by atomic mass is 16.2. The summed E-state index contributed by atoms with van der Waals surface area (Å²) in [6.45, 7) is 9.62. The highest BCUT2D eigenvalue weighted by Crippen LogP contribution is 2.20. The van der Waals surface area contributed by atoms with Gasteiger partial charge in [-0.05, 0) is 52.8 Å². The quantitative estimate of drug-likeness (QED) is 0.509. The summed E-state index contributed by atoms with van der Waals surface area (Å²) in [6, 6.07) is 10.1. The Bertz CT molecular complexity index is 802. The monoisotopic (exact) mass is 340 g/mol. The fraction of sp³-hybridized carbons (Fsp3) is 0.316. The van der Waals surface area contributed by atoms with E-state index in [-0.39, 0.29) is 6.04 Å². The van der Waals surface area contributed by atoms with Gasteiger partial charge in [0.2, 0.25) is 0 Å². The second-order valence-corrected chi connectivity index (χ2v) is 6.32. The molecule has 0 aliphatic carbocycles. The summed E-state index contributed by atoms with van der Waals surface area (Å²) in [6.07, 6.45) is 1.55. The molecule has 0 fully saturated rings. The lowest BCUT2D eigenvalue weighted by molar-refractivity contribution is -0.139. The van der Waals surface area contributed by atoms with Crippen molar-refractivity contribution in [1.29, 1.82) is 0 Å². The zero-order valence-electron chi connectivity index (χ0n) is 15.3. The van der Waals surface area contributed by atoms with Gasteiger partial charge in [0.05, 0.1) is 6.21 Å². The molecule has 2 aromatic rings. The molecule has 0 bridgehead atoms. The summed E-state index contributed by atoms with van der Waals surface area (Å²) in [5, 5.41) is 6.41. The fourth-order valence-corrected chi connectivity index (χ4v) is 2.55. The average Bonchev–Trinajstić information content (AvgIpc) is 2.82. The van der Waals surface area contributed by atoms with Crippen molar-refractivity contribution in [3.63, 3.8) is 0 Å². The van der Waals surface area contributed by atoms with Gasteiger partial charge in [0.15, 0.2) is 0 Å². The standard InChI is InChI=1S/C19H24N4O2/c1-12(2)21-18(24)19(25)22-20-11-16-10-14(4)23(15(16)5)17-8-6-13(3)7-9-17/h6-12H,1-5H3,(H,21,24)(H,22,25)/b20-11+. The molecule has 132 valence electrons. The third kappa shape index (κ3) is 4.56. The number of aromatic nitrogens is 1. The molecule has 0 aliphatic heterocycles. The van der Waals surface area contributed by atoms with E-state index in [2.05, 4.69) is 51.6 Å². The first-order valence-corrected chi connectivity index (χ1v) is 8.19. The first-order chi connectivity index (χ1) is 11.8. The van der Waals surface area contributed by atoms with Crippen molar-refractivity contribution in [2.24, 2.45) is 5.10 Å². The van der Waals surface area contributed by atoms with E-state index in [0.717, 1.165) is 22.6 Å². The van der Waals surface area contributed by atoms with E-state index in [1.54, 1.807) is 20.1 Å². The Morgan fingerprint density at radius 3 is 2.32 bits per heavy atom. The van der Waals surface area contributed by atoms with E-state index < -0.39 is 11.8 Å². The number of carbonyl (C=O) groups excluding carboxylic acids is 2. The van der Waals surface area contributed by atoms with E-state index in [1.165, 1.54) is 5.56 Å². The van der Waals surface area contributed by atoms with Crippen LogP contribution >= 0.6 is 0 Å². The summed E-state index contributed by atoms with van der Waals surface area (Å²) >= 11 is 0. The van der Waals surface area contributed by atoms with Gasteiger partial charge in [0, 0.05) is 28.7 Å². The molecule has 0 aliphatic rings. The lowest BCUT2D eigenvalue weighted by Crippen LogP contribution is -2.41. The van der Waals surface area contributed by atoms with Crippen LogP contribution in [0.5, 0.6) is 0 Å². The van der Waals surface area contributed by atoms with Crippen LogP contribution in [0.15, 0.2) is 35.4 Å². The lowest BCUT2D eigenvalue weighted by Gasteiger charge is -2.09. The molecule has 0 unspecified atom stereocenters. The summed E-state index contributed by atoms with van der Waals surface area (Å²) < 4.78 is 2.12. The van der Waals surface area contributed by atoms with Crippen LogP contribution < -0.4 is 10.7 Å². The average molecular weight is 340 g/mol. The maximum atomic E-state index is 11.6. The molecule has 0 saturated carbocycles. The van der Waals surface area contributed by atoms with Crippen LogP contribution in [0.25, 0.3) is 5.69 Å². The van der Waals surface area contributed by atoms with Gasteiger partial charge in [-0.2, -0.15) is 5.10 Å². The van der Waals surface area contributed by atoms with E-state index in [9.17, 15) is 9.59 Å². The molecule has 25 heavy (non-hydrogen) atoms. The molecular formula is C19H24N4O2. The molecule has 2 N–H and O–H groups in total. The van der Waals surface area contributed by atoms with Gasteiger partial charge in [-0.3, -0.25) is 9.59 Å². The van der Waals surface area contributed by atoms with E-state index >= 15 is 0 Å². The predicted octanol–water partition coefficient (Wildman–Crippen LogP) is 2.38. The van der Waals surface area contributed by atoms with E-state index in [0.29, 0.717) is 0 Å². The van der Waals surface area contributed by atoms with Crippen LogP contribution in [0.3, 0.4) is 0 Å². The molecule has 1 aromatic heterocycles. The number of hydrogen-bond acceptors (Lipinski definition) is 3. The Labute approximate surface area is 147 Å². The van der Waals surface area contributed by atoms with Crippen molar-refractivity contribution in [2.45, 2.75) is 40.7 Å². The minimum absolute atomic E-state index is 0.101. The molecule has 1 heterocycles. The number of benzene rings is 1.